The Morgan fingerprint density at radius 2 is 1.25 bits per heavy atom. The molecule has 4 N–H and O–H groups in total. The lowest BCUT2D eigenvalue weighted by molar-refractivity contribution is 1.73. The molecule has 2 heteroatoms. The van der Waals surface area contributed by atoms with E-state index < -0.39 is 0 Å². The van der Waals surface area contributed by atoms with Crippen LogP contribution in [0.5, 0.6) is 0 Å². The molecule has 0 heterocycles. The average molecular weight is 258 g/mol. The Hall–Kier alpha value is -2.74. The van der Waals surface area contributed by atoms with E-state index >= 15 is 0 Å². The molecule has 20 heavy (non-hydrogen) atoms. The standard InChI is InChI=1S/C18H14N2/c19-16-8-7-11-5-6-14-9-12-3-1-2-4-13(12)10-15(14)17(11)18(16)20/h1-10H,19-20H2. The van der Waals surface area contributed by atoms with E-state index in [0.29, 0.717) is 11.4 Å². The zero-order chi connectivity index (χ0) is 13.7. The van der Waals surface area contributed by atoms with Crippen LogP contribution in [0.3, 0.4) is 0 Å². The van der Waals surface area contributed by atoms with Gasteiger partial charge in [-0.05, 0) is 45.1 Å². The first-order chi connectivity index (χ1) is 9.74. The van der Waals surface area contributed by atoms with Crippen LogP contribution in [0.25, 0.3) is 32.3 Å². The van der Waals surface area contributed by atoms with Gasteiger partial charge in [-0.3, -0.25) is 0 Å². The molecule has 96 valence electrons. The van der Waals surface area contributed by atoms with Crippen LogP contribution in [-0.4, -0.2) is 0 Å². The van der Waals surface area contributed by atoms with E-state index in [0.717, 1.165) is 16.2 Å². The fraction of sp³-hybridized carbons (Fsp3) is 0. The van der Waals surface area contributed by atoms with Crippen molar-refractivity contribution in [3.05, 3.63) is 60.7 Å². The zero-order valence-electron chi connectivity index (χ0n) is 10.9. The molecular weight excluding hydrogens is 244 g/mol. The van der Waals surface area contributed by atoms with Crippen LogP contribution in [0.15, 0.2) is 60.7 Å². The number of rotatable bonds is 0. The van der Waals surface area contributed by atoms with Crippen molar-refractivity contribution in [1.82, 2.24) is 0 Å². The van der Waals surface area contributed by atoms with Gasteiger partial charge in [-0.2, -0.15) is 0 Å². The maximum Gasteiger partial charge on any atom is 0.0633 e. The van der Waals surface area contributed by atoms with Gasteiger partial charge in [0.05, 0.1) is 11.4 Å². The molecule has 0 spiro atoms. The van der Waals surface area contributed by atoms with Crippen molar-refractivity contribution in [2.75, 3.05) is 11.5 Å². The summed E-state index contributed by atoms with van der Waals surface area (Å²) in [5.41, 5.74) is 13.5. The lowest BCUT2D eigenvalue weighted by atomic mass is 9.97. The van der Waals surface area contributed by atoms with Crippen molar-refractivity contribution >= 4 is 43.7 Å². The van der Waals surface area contributed by atoms with Gasteiger partial charge in [0.15, 0.2) is 0 Å². The lowest BCUT2D eigenvalue weighted by Gasteiger charge is -2.10. The predicted molar refractivity (Wildman–Crippen MR) is 87.8 cm³/mol. The van der Waals surface area contributed by atoms with Gasteiger partial charge in [0.2, 0.25) is 0 Å². The van der Waals surface area contributed by atoms with E-state index in [1.165, 1.54) is 16.2 Å². The van der Waals surface area contributed by atoms with Gasteiger partial charge >= 0.3 is 0 Å². The van der Waals surface area contributed by atoms with Gasteiger partial charge < -0.3 is 11.5 Å². The molecule has 0 saturated heterocycles. The molecule has 2 nitrogen and oxygen atoms in total. The number of nitrogens with two attached hydrogens (primary N) is 2. The summed E-state index contributed by atoms with van der Waals surface area (Å²) in [4.78, 5) is 0. The summed E-state index contributed by atoms with van der Waals surface area (Å²) in [6, 6.07) is 20.9. The molecule has 4 rings (SSSR count). The average Bonchev–Trinajstić information content (AvgIpc) is 2.48. The van der Waals surface area contributed by atoms with Crippen molar-refractivity contribution in [1.29, 1.82) is 0 Å². The Kier molecular flexibility index (Phi) is 2.15. The van der Waals surface area contributed by atoms with Crippen molar-refractivity contribution in [2.45, 2.75) is 0 Å². The Bertz CT molecular complexity index is 971. The van der Waals surface area contributed by atoms with Gasteiger partial charge in [0.25, 0.3) is 0 Å². The molecule has 0 aliphatic heterocycles. The topological polar surface area (TPSA) is 52.0 Å². The largest absolute Gasteiger partial charge is 0.397 e. The van der Waals surface area contributed by atoms with E-state index in [1.54, 1.807) is 0 Å². The summed E-state index contributed by atoms with van der Waals surface area (Å²) in [7, 11) is 0. The van der Waals surface area contributed by atoms with E-state index in [-0.39, 0.29) is 0 Å². The van der Waals surface area contributed by atoms with E-state index in [1.807, 2.05) is 12.1 Å². The summed E-state index contributed by atoms with van der Waals surface area (Å²) in [6.07, 6.45) is 0. The first kappa shape index (κ1) is 11.1. The van der Waals surface area contributed by atoms with Crippen molar-refractivity contribution in [3.8, 4) is 0 Å². The van der Waals surface area contributed by atoms with Crippen LogP contribution >= 0.6 is 0 Å². The van der Waals surface area contributed by atoms with E-state index in [4.69, 9.17) is 11.5 Å². The lowest BCUT2D eigenvalue weighted by Crippen LogP contribution is -1.95. The summed E-state index contributed by atoms with van der Waals surface area (Å²) < 4.78 is 0. The fourth-order valence-corrected chi connectivity index (χ4v) is 2.88. The van der Waals surface area contributed by atoms with E-state index in [9.17, 15) is 0 Å². The third-order valence-electron chi connectivity index (χ3n) is 3.94. The van der Waals surface area contributed by atoms with Crippen LogP contribution in [0.2, 0.25) is 0 Å². The highest BCUT2D eigenvalue weighted by atomic mass is 14.7. The van der Waals surface area contributed by atoms with Gasteiger partial charge in [-0.1, -0.05) is 42.5 Å². The molecule has 0 fully saturated rings. The fourth-order valence-electron chi connectivity index (χ4n) is 2.88. The highest BCUT2D eigenvalue weighted by Gasteiger charge is 2.07. The maximum atomic E-state index is 6.20. The molecule has 0 bridgehead atoms. The summed E-state index contributed by atoms with van der Waals surface area (Å²) in [5.74, 6) is 0. The van der Waals surface area contributed by atoms with Gasteiger partial charge in [0.1, 0.15) is 0 Å². The smallest absolute Gasteiger partial charge is 0.0633 e. The van der Waals surface area contributed by atoms with Crippen LogP contribution in [0, 0.1) is 0 Å². The Balaban J connectivity index is 2.28. The van der Waals surface area contributed by atoms with Gasteiger partial charge in [-0.15, -0.1) is 0 Å². The number of nitrogen functional groups attached to an aromatic ring is 2. The van der Waals surface area contributed by atoms with Crippen molar-refractivity contribution in [3.63, 3.8) is 0 Å². The number of hydrogen-bond donors (Lipinski definition) is 2. The van der Waals surface area contributed by atoms with Crippen LogP contribution in [-0.2, 0) is 0 Å². The minimum atomic E-state index is 0.637. The second-order valence-corrected chi connectivity index (χ2v) is 5.15. The zero-order valence-corrected chi connectivity index (χ0v) is 10.9. The SMILES string of the molecule is Nc1ccc2ccc3cc4ccccc4cc3c2c1N. The first-order valence-electron chi connectivity index (χ1n) is 6.63. The monoisotopic (exact) mass is 258 g/mol. The first-order valence-corrected chi connectivity index (χ1v) is 6.63. The Morgan fingerprint density at radius 3 is 2.05 bits per heavy atom. The quantitative estimate of drug-likeness (QED) is 0.280. The minimum Gasteiger partial charge on any atom is -0.397 e. The summed E-state index contributed by atoms with van der Waals surface area (Å²) >= 11 is 0. The van der Waals surface area contributed by atoms with Crippen LogP contribution in [0.1, 0.15) is 0 Å². The molecule has 0 atom stereocenters. The highest BCUT2D eigenvalue weighted by molar-refractivity contribution is 6.17. The maximum absolute atomic E-state index is 6.20. The van der Waals surface area contributed by atoms with Crippen LogP contribution < -0.4 is 11.5 Å². The third-order valence-corrected chi connectivity index (χ3v) is 3.94. The predicted octanol–water partition coefficient (Wildman–Crippen LogP) is 4.31. The Morgan fingerprint density at radius 1 is 0.600 bits per heavy atom. The number of benzene rings is 4. The normalized spacial score (nSPS) is 11.4. The number of hydrogen-bond acceptors (Lipinski definition) is 2. The van der Waals surface area contributed by atoms with Crippen molar-refractivity contribution in [2.24, 2.45) is 0 Å². The molecule has 4 aromatic carbocycles. The minimum absolute atomic E-state index is 0.637. The number of anilines is 2. The van der Waals surface area contributed by atoms with E-state index in [2.05, 4.69) is 48.5 Å². The molecule has 0 aliphatic carbocycles. The second-order valence-electron chi connectivity index (χ2n) is 5.15. The molecule has 0 radical (unpaired) electrons. The second kappa shape index (κ2) is 3.87. The van der Waals surface area contributed by atoms with Gasteiger partial charge in [-0.25, -0.2) is 0 Å². The van der Waals surface area contributed by atoms with Gasteiger partial charge in [0, 0.05) is 5.39 Å². The molecule has 0 saturated carbocycles. The van der Waals surface area contributed by atoms with Crippen LogP contribution in [0.4, 0.5) is 11.4 Å². The molecule has 0 unspecified atom stereocenters. The third kappa shape index (κ3) is 1.45. The molecule has 4 aromatic rings. The molecule has 0 aliphatic rings. The number of fused-ring (bicyclic) bond motifs is 4. The molecule has 0 amide bonds. The Labute approximate surface area is 116 Å². The molecular formula is C18H14N2. The summed E-state index contributed by atoms with van der Waals surface area (Å²) in [6.45, 7) is 0. The highest BCUT2D eigenvalue weighted by Crippen LogP contribution is 2.35. The molecule has 0 aromatic heterocycles. The summed E-state index contributed by atoms with van der Waals surface area (Å²) in [5, 5.41) is 6.98. The van der Waals surface area contributed by atoms with Crippen molar-refractivity contribution < 1.29 is 0 Å².